The van der Waals surface area contributed by atoms with E-state index in [0.717, 1.165) is 12.1 Å². The van der Waals surface area contributed by atoms with Gasteiger partial charge < -0.3 is 15.0 Å². The first-order chi connectivity index (χ1) is 7.90. The fourth-order valence-electron chi connectivity index (χ4n) is 1.26. The van der Waals surface area contributed by atoms with Crippen LogP contribution in [0.4, 0.5) is 13.2 Å². The summed E-state index contributed by atoms with van der Waals surface area (Å²) < 4.78 is 41.4. The van der Waals surface area contributed by atoms with E-state index in [-0.39, 0.29) is 12.8 Å². The SMILES string of the molecule is CCC(N)Cc1cn(COCC(F)(F)F)cn1. The maximum absolute atomic E-state index is 11.8. The molecule has 1 heterocycles. The Bertz CT molecular complexity index is 338. The summed E-state index contributed by atoms with van der Waals surface area (Å²) >= 11 is 0. The largest absolute Gasteiger partial charge is 0.411 e. The quantitative estimate of drug-likeness (QED) is 0.837. The van der Waals surface area contributed by atoms with E-state index in [0.29, 0.717) is 6.42 Å². The van der Waals surface area contributed by atoms with Crippen molar-refractivity contribution >= 4 is 0 Å². The predicted octanol–water partition coefficient (Wildman–Crippen LogP) is 1.70. The molecule has 0 fully saturated rings. The van der Waals surface area contributed by atoms with E-state index in [4.69, 9.17) is 5.73 Å². The standard InChI is InChI=1S/C10H16F3N3O/c1-2-8(14)3-9-4-16(6-15-9)7-17-5-10(11,12)13/h4,6,8H,2-3,5,7,14H2,1H3. The summed E-state index contributed by atoms with van der Waals surface area (Å²) in [5, 5.41) is 0. The first-order valence-corrected chi connectivity index (χ1v) is 5.31. The van der Waals surface area contributed by atoms with E-state index in [9.17, 15) is 13.2 Å². The van der Waals surface area contributed by atoms with Crippen molar-refractivity contribution in [1.29, 1.82) is 0 Å². The van der Waals surface area contributed by atoms with E-state index in [1.807, 2.05) is 6.92 Å². The van der Waals surface area contributed by atoms with Gasteiger partial charge in [-0.05, 0) is 6.42 Å². The summed E-state index contributed by atoms with van der Waals surface area (Å²) in [4.78, 5) is 4.04. The second kappa shape index (κ2) is 6.02. The van der Waals surface area contributed by atoms with Crippen LogP contribution in [0.15, 0.2) is 12.5 Å². The van der Waals surface area contributed by atoms with Gasteiger partial charge in [0.15, 0.2) is 0 Å². The molecule has 0 spiro atoms. The topological polar surface area (TPSA) is 53.1 Å². The van der Waals surface area contributed by atoms with Crippen LogP contribution < -0.4 is 5.73 Å². The normalized spacial score (nSPS) is 13.9. The second-order valence-electron chi connectivity index (χ2n) is 3.84. The van der Waals surface area contributed by atoms with Gasteiger partial charge in [-0.3, -0.25) is 0 Å². The molecule has 98 valence electrons. The average molecular weight is 251 g/mol. The van der Waals surface area contributed by atoms with Crippen molar-refractivity contribution in [3.63, 3.8) is 0 Å². The Morgan fingerprint density at radius 1 is 1.53 bits per heavy atom. The molecule has 0 aliphatic rings. The Hall–Kier alpha value is -1.08. The number of aromatic nitrogens is 2. The Morgan fingerprint density at radius 3 is 2.82 bits per heavy atom. The zero-order chi connectivity index (χ0) is 12.9. The molecule has 1 rings (SSSR count). The number of rotatable bonds is 6. The Kier molecular flexibility index (Phi) is 4.95. The van der Waals surface area contributed by atoms with Crippen LogP contribution in [0, 0.1) is 0 Å². The summed E-state index contributed by atoms with van der Waals surface area (Å²) in [5.41, 5.74) is 6.50. The van der Waals surface area contributed by atoms with Gasteiger partial charge >= 0.3 is 6.18 Å². The molecule has 2 N–H and O–H groups in total. The van der Waals surface area contributed by atoms with Crippen molar-refractivity contribution in [3.8, 4) is 0 Å². The zero-order valence-corrected chi connectivity index (χ0v) is 9.57. The highest BCUT2D eigenvalue weighted by molar-refractivity contribution is 4.98. The van der Waals surface area contributed by atoms with Crippen LogP contribution >= 0.6 is 0 Å². The predicted molar refractivity (Wildman–Crippen MR) is 56.2 cm³/mol. The Morgan fingerprint density at radius 2 is 2.24 bits per heavy atom. The van der Waals surface area contributed by atoms with Gasteiger partial charge in [0.2, 0.25) is 0 Å². The first-order valence-electron chi connectivity index (χ1n) is 5.31. The summed E-state index contributed by atoms with van der Waals surface area (Å²) in [6.45, 7) is 0.553. The molecule has 1 atom stereocenters. The lowest BCUT2D eigenvalue weighted by atomic mass is 10.1. The van der Waals surface area contributed by atoms with E-state index in [1.165, 1.54) is 10.9 Å². The van der Waals surface area contributed by atoms with Crippen LogP contribution in [-0.4, -0.2) is 28.4 Å². The molecule has 0 aliphatic heterocycles. The van der Waals surface area contributed by atoms with Crippen molar-refractivity contribution in [2.24, 2.45) is 5.73 Å². The van der Waals surface area contributed by atoms with Gasteiger partial charge in [0.05, 0.1) is 12.0 Å². The van der Waals surface area contributed by atoms with Crippen LogP contribution in [0.2, 0.25) is 0 Å². The molecule has 0 aliphatic carbocycles. The molecule has 0 saturated carbocycles. The van der Waals surface area contributed by atoms with E-state index >= 15 is 0 Å². The Labute approximate surface area is 97.6 Å². The molecule has 0 bridgehead atoms. The average Bonchev–Trinajstić information content (AvgIpc) is 2.63. The molecule has 0 amide bonds. The molecule has 0 radical (unpaired) electrons. The van der Waals surface area contributed by atoms with Crippen molar-refractivity contribution in [1.82, 2.24) is 9.55 Å². The van der Waals surface area contributed by atoms with Gasteiger partial charge in [-0.15, -0.1) is 0 Å². The van der Waals surface area contributed by atoms with Crippen LogP contribution in [-0.2, 0) is 17.9 Å². The van der Waals surface area contributed by atoms with Crippen LogP contribution in [0.5, 0.6) is 0 Å². The molecule has 0 saturated heterocycles. The summed E-state index contributed by atoms with van der Waals surface area (Å²) in [6, 6.07) is 0.0226. The highest BCUT2D eigenvalue weighted by Gasteiger charge is 2.27. The number of halogens is 3. The van der Waals surface area contributed by atoms with Crippen LogP contribution in [0.25, 0.3) is 0 Å². The Balaban J connectivity index is 2.36. The lowest BCUT2D eigenvalue weighted by Crippen LogP contribution is -2.21. The van der Waals surface area contributed by atoms with Crippen molar-refractivity contribution < 1.29 is 17.9 Å². The van der Waals surface area contributed by atoms with Gasteiger partial charge in [0, 0.05) is 18.7 Å². The first kappa shape index (κ1) is 14.0. The minimum absolute atomic E-state index is 0.0226. The number of ether oxygens (including phenoxy) is 1. The van der Waals surface area contributed by atoms with Crippen LogP contribution in [0.1, 0.15) is 19.0 Å². The third kappa shape index (κ3) is 5.69. The highest BCUT2D eigenvalue weighted by Crippen LogP contribution is 2.14. The lowest BCUT2D eigenvalue weighted by Gasteiger charge is -2.07. The molecule has 1 unspecified atom stereocenters. The number of nitrogens with two attached hydrogens (primary N) is 1. The third-order valence-electron chi connectivity index (χ3n) is 2.19. The van der Waals surface area contributed by atoms with Crippen molar-refractivity contribution in [2.45, 2.75) is 38.7 Å². The number of hydrogen-bond donors (Lipinski definition) is 1. The highest BCUT2D eigenvalue weighted by atomic mass is 19.4. The maximum atomic E-state index is 11.8. The zero-order valence-electron chi connectivity index (χ0n) is 9.57. The molecular formula is C10H16F3N3O. The molecule has 1 aromatic heterocycles. The minimum Gasteiger partial charge on any atom is -0.351 e. The number of imidazole rings is 1. The molecule has 7 heteroatoms. The molecule has 1 aromatic rings. The minimum atomic E-state index is -4.30. The van der Waals surface area contributed by atoms with Crippen molar-refractivity contribution in [2.75, 3.05) is 6.61 Å². The fraction of sp³-hybridized carbons (Fsp3) is 0.700. The van der Waals surface area contributed by atoms with E-state index in [2.05, 4.69) is 9.72 Å². The number of nitrogens with zero attached hydrogens (tertiary/aromatic N) is 2. The summed E-state index contributed by atoms with van der Waals surface area (Å²) in [5.74, 6) is 0. The van der Waals surface area contributed by atoms with Gasteiger partial charge in [0.1, 0.15) is 13.3 Å². The lowest BCUT2D eigenvalue weighted by molar-refractivity contribution is -0.181. The smallest absolute Gasteiger partial charge is 0.351 e. The molecule has 0 aromatic carbocycles. The fourth-order valence-corrected chi connectivity index (χ4v) is 1.26. The molecule has 17 heavy (non-hydrogen) atoms. The maximum Gasteiger partial charge on any atom is 0.411 e. The van der Waals surface area contributed by atoms with E-state index < -0.39 is 12.8 Å². The third-order valence-corrected chi connectivity index (χ3v) is 2.19. The summed E-state index contributed by atoms with van der Waals surface area (Å²) in [6.07, 6.45) is 0.230. The molecular weight excluding hydrogens is 235 g/mol. The second-order valence-corrected chi connectivity index (χ2v) is 3.84. The van der Waals surface area contributed by atoms with Gasteiger partial charge in [0.25, 0.3) is 0 Å². The number of alkyl halides is 3. The van der Waals surface area contributed by atoms with E-state index in [1.54, 1.807) is 6.20 Å². The van der Waals surface area contributed by atoms with Gasteiger partial charge in [-0.25, -0.2) is 4.98 Å². The summed E-state index contributed by atoms with van der Waals surface area (Å²) in [7, 11) is 0. The van der Waals surface area contributed by atoms with Crippen LogP contribution in [0.3, 0.4) is 0 Å². The number of hydrogen-bond acceptors (Lipinski definition) is 3. The molecule has 4 nitrogen and oxygen atoms in total. The van der Waals surface area contributed by atoms with Crippen molar-refractivity contribution in [3.05, 3.63) is 18.2 Å². The van der Waals surface area contributed by atoms with Gasteiger partial charge in [-0.1, -0.05) is 6.92 Å². The monoisotopic (exact) mass is 251 g/mol. The van der Waals surface area contributed by atoms with Gasteiger partial charge in [-0.2, -0.15) is 13.2 Å².